The van der Waals surface area contributed by atoms with Crippen LogP contribution in [0.2, 0.25) is 0 Å². The minimum absolute atomic E-state index is 0.00893. The van der Waals surface area contributed by atoms with Crippen molar-refractivity contribution >= 4 is 23.7 Å². The lowest BCUT2D eigenvalue weighted by molar-refractivity contribution is -0.147. The van der Waals surface area contributed by atoms with Gasteiger partial charge in [0.25, 0.3) is 0 Å². The zero-order chi connectivity index (χ0) is 42.1. The number of carboxylic acid groups (broad SMARTS) is 1. The molecule has 0 heterocycles. The van der Waals surface area contributed by atoms with Crippen molar-refractivity contribution in [2.24, 2.45) is 0 Å². The average molecular weight is 767 g/mol. The largest absolute Gasteiger partial charge is 0.481 e. The summed E-state index contributed by atoms with van der Waals surface area (Å²) in [5.74, 6) is -1.84. The summed E-state index contributed by atoms with van der Waals surface area (Å²) in [6.07, 6.45) is 40.9. The minimum Gasteiger partial charge on any atom is -0.481 e. The molecule has 0 atom stereocenters. The van der Waals surface area contributed by atoms with E-state index in [9.17, 15) is 19.2 Å². The molecule has 0 amide bonds. The van der Waals surface area contributed by atoms with Gasteiger partial charge < -0.3 is 19.4 Å². The van der Waals surface area contributed by atoms with E-state index in [1.165, 1.54) is 18.1 Å². The van der Waals surface area contributed by atoms with Crippen molar-refractivity contribution in [3.63, 3.8) is 0 Å². The number of hydrogen-bond acceptors (Lipinski definition) is 6. The fourth-order valence-electron chi connectivity index (χ4n) is 4.47. The highest BCUT2D eigenvalue weighted by molar-refractivity contribution is 5.81. The molecule has 1 N–H and O–H groups in total. The summed E-state index contributed by atoms with van der Waals surface area (Å²) in [4.78, 5) is 44.7. The molecule has 0 spiro atoms. The Morgan fingerprint density at radius 3 is 1.11 bits per heavy atom. The van der Waals surface area contributed by atoms with Gasteiger partial charge >= 0.3 is 17.9 Å². The van der Waals surface area contributed by atoms with Gasteiger partial charge in [0.15, 0.2) is 0 Å². The number of carbonyl (C=O) groups excluding carboxylic acids is 3. The van der Waals surface area contributed by atoms with Crippen molar-refractivity contribution in [1.82, 2.24) is 0 Å². The molecular formula is C49H66O7. The summed E-state index contributed by atoms with van der Waals surface area (Å²) in [6.45, 7) is 18.3. The van der Waals surface area contributed by atoms with E-state index in [1.807, 2.05) is 38.2 Å². The topological polar surface area (TPSA) is 107 Å². The van der Waals surface area contributed by atoms with E-state index < -0.39 is 11.9 Å². The van der Waals surface area contributed by atoms with Crippen LogP contribution >= 0.6 is 0 Å². The number of carbonyl (C=O) groups is 4. The van der Waals surface area contributed by atoms with Crippen molar-refractivity contribution in [2.75, 3.05) is 13.2 Å². The fourth-order valence-corrected chi connectivity index (χ4v) is 4.47. The van der Waals surface area contributed by atoms with Gasteiger partial charge in [0.05, 0.1) is 19.3 Å². The van der Waals surface area contributed by atoms with E-state index in [4.69, 9.17) is 14.6 Å². The molecule has 0 saturated heterocycles. The Labute approximate surface area is 337 Å². The maximum atomic E-state index is 11.7. The first-order valence-corrected chi connectivity index (χ1v) is 19.3. The van der Waals surface area contributed by atoms with Gasteiger partial charge in [0.2, 0.25) is 0 Å². The third kappa shape index (κ3) is 33.3. The molecule has 0 aromatic heterocycles. The van der Waals surface area contributed by atoms with Gasteiger partial charge in [0, 0.05) is 6.42 Å². The van der Waals surface area contributed by atoms with Crippen LogP contribution in [0.15, 0.2) is 154 Å². The van der Waals surface area contributed by atoms with Crippen LogP contribution in [0.1, 0.15) is 114 Å². The van der Waals surface area contributed by atoms with Crippen molar-refractivity contribution in [3.05, 3.63) is 154 Å². The molecule has 0 aromatic rings. The van der Waals surface area contributed by atoms with Gasteiger partial charge in [-0.05, 0) is 99.1 Å². The summed E-state index contributed by atoms with van der Waals surface area (Å²) in [5, 5.41) is 8.64. The molecule has 7 heteroatoms. The van der Waals surface area contributed by atoms with Crippen LogP contribution < -0.4 is 0 Å². The quantitative estimate of drug-likeness (QED) is 0.0530. The number of ether oxygens (including phenoxy) is 2. The average Bonchev–Trinajstić information content (AvgIpc) is 3.13. The van der Waals surface area contributed by atoms with Crippen molar-refractivity contribution in [1.29, 1.82) is 0 Å². The first-order chi connectivity index (χ1) is 26.6. The lowest BCUT2D eigenvalue weighted by Crippen LogP contribution is -2.08. The number of Topliss-reactive ketones (excluding diaryl/α,β-unsaturated/α-hetero) is 1. The van der Waals surface area contributed by atoms with Crippen LogP contribution in [-0.2, 0) is 28.7 Å². The first kappa shape index (κ1) is 50.7. The molecule has 0 rings (SSSR count). The maximum absolute atomic E-state index is 11.7. The number of aliphatic carboxylic acids is 1. The van der Waals surface area contributed by atoms with Crippen LogP contribution in [0.3, 0.4) is 0 Å². The second kappa shape index (κ2) is 32.0. The molecule has 304 valence electrons. The second-order valence-electron chi connectivity index (χ2n) is 14.1. The Morgan fingerprint density at radius 1 is 0.411 bits per heavy atom. The smallest absolute Gasteiger partial charge is 0.306 e. The minimum atomic E-state index is -1.01. The van der Waals surface area contributed by atoms with Crippen LogP contribution in [0.5, 0.6) is 0 Å². The summed E-state index contributed by atoms with van der Waals surface area (Å²) >= 11 is 0. The Morgan fingerprint density at radius 2 is 0.750 bits per heavy atom. The van der Waals surface area contributed by atoms with E-state index >= 15 is 0 Å². The van der Waals surface area contributed by atoms with Gasteiger partial charge in [-0.2, -0.15) is 0 Å². The van der Waals surface area contributed by atoms with Crippen LogP contribution in [-0.4, -0.2) is 42.0 Å². The number of carboxylic acids is 1. The number of allylic oxidation sites excluding steroid dienone is 24. The van der Waals surface area contributed by atoms with Gasteiger partial charge in [-0.1, -0.05) is 143 Å². The summed E-state index contributed by atoms with van der Waals surface area (Å²) in [7, 11) is 0. The fraction of sp³-hybridized carbons (Fsp3) is 0.388. The molecule has 0 aliphatic carbocycles. The van der Waals surface area contributed by atoms with E-state index in [-0.39, 0.29) is 50.6 Å². The van der Waals surface area contributed by atoms with E-state index in [2.05, 4.69) is 127 Å². The van der Waals surface area contributed by atoms with E-state index in [0.29, 0.717) is 0 Å². The van der Waals surface area contributed by atoms with Crippen molar-refractivity contribution in [3.8, 4) is 0 Å². The highest BCUT2D eigenvalue weighted by Gasteiger charge is 2.07. The maximum Gasteiger partial charge on any atom is 0.306 e. The third-order valence-corrected chi connectivity index (χ3v) is 7.95. The summed E-state index contributed by atoms with van der Waals surface area (Å²) in [5.41, 5.74) is 9.05. The zero-order valence-electron chi connectivity index (χ0n) is 35.4. The van der Waals surface area contributed by atoms with E-state index in [0.717, 1.165) is 59.1 Å². The van der Waals surface area contributed by atoms with Crippen molar-refractivity contribution in [2.45, 2.75) is 114 Å². The predicted molar refractivity (Wildman–Crippen MR) is 233 cm³/mol. The number of hydrogen-bond donors (Lipinski definition) is 1. The zero-order valence-corrected chi connectivity index (χ0v) is 35.4. The Kier molecular flexibility index (Phi) is 29.0. The number of esters is 2. The highest BCUT2D eigenvalue weighted by Crippen LogP contribution is 2.11. The first-order valence-electron chi connectivity index (χ1n) is 19.3. The Bertz CT molecular complexity index is 1560. The predicted octanol–water partition coefficient (Wildman–Crippen LogP) is 12.2. The molecule has 56 heavy (non-hydrogen) atoms. The Balaban J connectivity index is 4.66. The molecule has 7 nitrogen and oxygen atoms in total. The highest BCUT2D eigenvalue weighted by atomic mass is 16.5. The molecular weight excluding hydrogens is 701 g/mol. The van der Waals surface area contributed by atoms with Crippen LogP contribution in [0.4, 0.5) is 0 Å². The SMILES string of the molecule is CC(=O)CCC(=O)OC/C(C)=C/CC/C(C)=C/C=C/C(C)=C/C=C/C(C)=C/C=C/C=C(C)/C=C/C=C(C)/C=C/C=C(\C)CC/C=C(\C)COC(=O)CCC(=O)O. The normalized spacial score (nSPS) is 14.7. The lowest BCUT2D eigenvalue weighted by Gasteiger charge is -2.05. The molecule has 0 radical (unpaired) electrons. The molecule has 0 unspecified atom stereocenters. The lowest BCUT2D eigenvalue weighted by atomic mass is 10.1. The van der Waals surface area contributed by atoms with Gasteiger partial charge in [-0.25, -0.2) is 0 Å². The number of rotatable bonds is 26. The van der Waals surface area contributed by atoms with Gasteiger partial charge in [0.1, 0.15) is 19.0 Å². The van der Waals surface area contributed by atoms with Gasteiger partial charge in [-0.15, -0.1) is 0 Å². The van der Waals surface area contributed by atoms with Crippen LogP contribution in [0, 0.1) is 0 Å². The molecule has 0 bridgehead atoms. The molecule has 0 aromatic carbocycles. The Hall–Kier alpha value is -5.30. The van der Waals surface area contributed by atoms with E-state index in [1.54, 1.807) is 0 Å². The molecule has 0 fully saturated rings. The molecule has 0 aliphatic rings. The second-order valence-corrected chi connectivity index (χ2v) is 14.1. The summed E-state index contributed by atoms with van der Waals surface area (Å²) in [6, 6.07) is 0. The standard InChI is InChI=1S/C49H66O7/c1-38(20-12-22-40(3)24-14-26-42(5)28-16-30-44(7)36-55-48(53)34-32-46(9)50)18-10-11-19-39(2)21-13-23-41(4)25-15-27-43(6)29-17-31-45(8)37-56-49(54)35-33-47(51)52/h10-15,18-27,30-31H,16-17,28-29,32-37H2,1-9H3,(H,51,52)/b11-10+,20-12+,21-13+,24-14+,25-15+,38-18+,39-19+,40-22+,41-23+,42-26+,43-27+,44-30+,45-31+. The third-order valence-electron chi connectivity index (χ3n) is 7.95. The molecule has 0 saturated carbocycles. The van der Waals surface area contributed by atoms with Gasteiger partial charge in [-0.3, -0.25) is 14.4 Å². The monoisotopic (exact) mass is 766 g/mol. The summed E-state index contributed by atoms with van der Waals surface area (Å²) < 4.78 is 10.3. The molecule has 0 aliphatic heterocycles. The number of ketones is 1. The van der Waals surface area contributed by atoms with Crippen LogP contribution in [0.25, 0.3) is 0 Å². The van der Waals surface area contributed by atoms with Crippen molar-refractivity contribution < 1.29 is 33.8 Å².